The summed E-state index contributed by atoms with van der Waals surface area (Å²) in [6, 6.07) is 0. The van der Waals surface area contributed by atoms with Crippen LogP contribution in [0.1, 0.15) is 52.9 Å². The zero-order valence-corrected chi connectivity index (χ0v) is 11.2. The van der Waals surface area contributed by atoms with Crippen LogP contribution in [0.2, 0.25) is 0 Å². The minimum absolute atomic E-state index is 0.0574. The average molecular weight is 236 g/mol. The highest BCUT2D eigenvalue weighted by Gasteiger charge is 2.56. The van der Waals surface area contributed by atoms with Crippen LogP contribution in [0.4, 0.5) is 0 Å². The van der Waals surface area contributed by atoms with Crippen molar-refractivity contribution in [1.29, 1.82) is 0 Å². The van der Waals surface area contributed by atoms with Crippen molar-refractivity contribution in [1.82, 2.24) is 0 Å². The first kappa shape index (κ1) is 11.6. The zero-order chi connectivity index (χ0) is 12.2. The van der Waals surface area contributed by atoms with Crippen LogP contribution in [-0.2, 0) is 9.53 Å². The van der Waals surface area contributed by atoms with Crippen molar-refractivity contribution >= 4 is 5.97 Å². The smallest absolute Gasteiger partial charge is 0.309 e. The molecule has 2 saturated carbocycles. The van der Waals surface area contributed by atoms with Gasteiger partial charge < -0.3 is 4.74 Å². The Morgan fingerprint density at radius 2 is 2.00 bits per heavy atom. The van der Waals surface area contributed by atoms with Gasteiger partial charge in [-0.1, -0.05) is 33.6 Å². The number of esters is 1. The lowest BCUT2D eigenvalue weighted by atomic mass is 9.53. The number of hydrogen-bond donors (Lipinski definition) is 0. The summed E-state index contributed by atoms with van der Waals surface area (Å²) < 4.78 is 5.74. The van der Waals surface area contributed by atoms with Gasteiger partial charge >= 0.3 is 5.97 Å². The Hall–Kier alpha value is -0.530. The highest BCUT2D eigenvalue weighted by Crippen LogP contribution is 2.57. The molecule has 2 heteroatoms. The molecule has 3 fully saturated rings. The number of rotatable bonds is 0. The van der Waals surface area contributed by atoms with Crippen LogP contribution in [0.25, 0.3) is 0 Å². The van der Waals surface area contributed by atoms with Crippen molar-refractivity contribution in [2.24, 2.45) is 29.1 Å². The molecule has 2 aliphatic carbocycles. The van der Waals surface area contributed by atoms with E-state index >= 15 is 0 Å². The summed E-state index contributed by atoms with van der Waals surface area (Å²) in [5, 5.41) is 0. The van der Waals surface area contributed by atoms with Crippen molar-refractivity contribution < 1.29 is 9.53 Å². The molecule has 1 aliphatic heterocycles. The Bertz CT molecular complexity index is 338. The van der Waals surface area contributed by atoms with Gasteiger partial charge in [-0.25, -0.2) is 0 Å². The predicted molar refractivity (Wildman–Crippen MR) is 66.4 cm³/mol. The Morgan fingerprint density at radius 3 is 2.76 bits per heavy atom. The lowest BCUT2D eigenvalue weighted by Crippen LogP contribution is -2.49. The molecular formula is C15H24O2. The molecular weight excluding hydrogens is 212 g/mol. The lowest BCUT2D eigenvalue weighted by Gasteiger charge is -2.52. The lowest BCUT2D eigenvalue weighted by molar-refractivity contribution is -0.152. The standard InChI is InChI=1S/C15H24O2/c1-9-5-4-7-15(3)8-6-11-10(2)14(16)17-13(11)12(9)15/h9-13H,4-8H2,1-3H3/t9-,10+,11-,12-,13-,15-/m0/s1. The first-order valence-electron chi connectivity index (χ1n) is 7.23. The van der Waals surface area contributed by atoms with E-state index in [4.69, 9.17) is 4.74 Å². The molecule has 0 aromatic rings. The number of hydrogen-bond acceptors (Lipinski definition) is 2. The largest absolute Gasteiger partial charge is 0.462 e. The van der Waals surface area contributed by atoms with Crippen molar-refractivity contribution in [2.45, 2.75) is 59.0 Å². The molecule has 0 bridgehead atoms. The number of ether oxygens (including phenoxy) is 1. The second-order valence-corrected chi connectivity index (χ2v) is 6.94. The van der Waals surface area contributed by atoms with E-state index in [2.05, 4.69) is 20.8 Å². The van der Waals surface area contributed by atoms with Gasteiger partial charge in [0.05, 0.1) is 5.92 Å². The van der Waals surface area contributed by atoms with Gasteiger partial charge in [-0.15, -0.1) is 0 Å². The molecule has 0 radical (unpaired) electrons. The van der Waals surface area contributed by atoms with Crippen molar-refractivity contribution in [2.75, 3.05) is 0 Å². The van der Waals surface area contributed by atoms with Gasteiger partial charge in [0.25, 0.3) is 0 Å². The molecule has 96 valence electrons. The van der Waals surface area contributed by atoms with E-state index in [0.717, 1.165) is 5.92 Å². The van der Waals surface area contributed by atoms with Crippen molar-refractivity contribution in [3.63, 3.8) is 0 Å². The third-order valence-electron chi connectivity index (χ3n) is 5.92. The Kier molecular flexibility index (Phi) is 2.53. The van der Waals surface area contributed by atoms with Crippen molar-refractivity contribution in [3.8, 4) is 0 Å². The summed E-state index contributed by atoms with van der Waals surface area (Å²) in [5.41, 5.74) is 0.434. The Labute approximate surface area is 104 Å². The monoisotopic (exact) mass is 236 g/mol. The molecule has 0 unspecified atom stereocenters. The summed E-state index contributed by atoms with van der Waals surface area (Å²) in [7, 11) is 0. The van der Waals surface area contributed by atoms with E-state index in [9.17, 15) is 4.79 Å². The van der Waals surface area contributed by atoms with Crippen LogP contribution < -0.4 is 0 Å². The van der Waals surface area contributed by atoms with Gasteiger partial charge in [0.15, 0.2) is 0 Å². The maximum atomic E-state index is 11.8. The molecule has 1 heterocycles. The quantitative estimate of drug-likeness (QED) is 0.603. The summed E-state index contributed by atoms with van der Waals surface area (Å²) in [5.74, 6) is 2.03. The molecule has 0 aromatic heterocycles. The molecule has 0 amide bonds. The van der Waals surface area contributed by atoms with Gasteiger partial charge in [-0.2, -0.15) is 0 Å². The minimum atomic E-state index is 0.0574. The zero-order valence-electron chi connectivity index (χ0n) is 11.2. The molecule has 6 atom stereocenters. The fourth-order valence-corrected chi connectivity index (χ4v) is 4.91. The van der Waals surface area contributed by atoms with Crippen LogP contribution in [-0.4, -0.2) is 12.1 Å². The van der Waals surface area contributed by atoms with E-state index in [-0.39, 0.29) is 18.0 Å². The van der Waals surface area contributed by atoms with Gasteiger partial charge in [-0.3, -0.25) is 4.79 Å². The van der Waals surface area contributed by atoms with E-state index in [1.54, 1.807) is 0 Å². The number of carbonyl (C=O) groups is 1. The molecule has 17 heavy (non-hydrogen) atoms. The summed E-state index contributed by atoms with van der Waals surface area (Å²) >= 11 is 0. The summed E-state index contributed by atoms with van der Waals surface area (Å²) in [4.78, 5) is 11.8. The Balaban J connectivity index is 1.92. The predicted octanol–water partition coefficient (Wildman–Crippen LogP) is 3.40. The second-order valence-electron chi connectivity index (χ2n) is 6.94. The minimum Gasteiger partial charge on any atom is -0.462 e. The molecule has 2 nitrogen and oxygen atoms in total. The fraction of sp³-hybridized carbons (Fsp3) is 0.933. The van der Waals surface area contributed by atoms with E-state index in [0.29, 0.717) is 17.3 Å². The van der Waals surface area contributed by atoms with Gasteiger partial charge in [0.1, 0.15) is 6.10 Å². The Morgan fingerprint density at radius 1 is 1.24 bits per heavy atom. The summed E-state index contributed by atoms with van der Waals surface area (Å²) in [6.45, 7) is 6.85. The third kappa shape index (κ3) is 1.56. The average Bonchev–Trinajstić information content (AvgIpc) is 2.54. The topological polar surface area (TPSA) is 26.3 Å². The van der Waals surface area contributed by atoms with Crippen molar-refractivity contribution in [3.05, 3.63) is 0 Å². The molecule has 0 aromatic carbocycles. The van der Waals surface area contributed by atoms with Crippen LogP contribution in [0.3, 0.4) is 0 Å². The first-order chi connectivity index (χ1) is 8.03. The van der Waals surface area contributed by atoms with E-state index in [1.165, 1.54) is 32.1 Å². The van der Waals surface area contributed by atoms with Crippen LogP contribution >= 0.6 is 0 Å². The molecule has 3 aliphatic rings. The van der Waals surface area contributed by atoms with Gasteiger partial charge in [-0.05, 0) is 30.6 Å². The normalized spacial score (nSPS) is 53.8. The molecule has 0 N–H and O–H groups in total. The SMILES string of the molecule is C[C@H]1CCC[C@@]2(C)CC[C@@H]3[C@H](OC(=O)[C@@H]3C)[C@H]12. The second kappa shape index (κ2) is 3.73. The van der Waals surface area contributed by atoms with Crippen LogP contribution in [0, 0.1) is 29.1 Å². The molecule has 3 rings (SSSR count). The number of fused-ring (bicyclic) bond motifs is 3. The van der Waals surface area contributed by atoms with Gasteiger partial charge in [0, 0.05) is 11.8 Å². The number of carbonyl (C=O) groups excluding carboxylic acids is 1. The maximum absolute atomic E-state index is 11.8. The molecule has 1 saturated heterocycles. The first-order valence-corrected chi connectivity index (χ1v) is 7.23. The third-order valence-corrected chi connectivity index (χ3v) is 5.92. The highest BCUT2D eigenvalue weighted by molar-refractivity contribution is 5.75. The summed E-state index contributed by atoms with van der Waals surface area (Å²) in [6.07, 6.45) is 6.72. The van der Waals surface area contributed by atoms with Crippen LogP contribution in [0.5, 0.6) is 0 Å². The van der Waals surface area contributed by atoms with Gasteiger partial charge in [0.2, 0.25) is 0 Å². The van der Waals surface area contributed by atoms with E-state index in [1.807, 2.05) is 0 Å². The molecule has 0 spiro atoms. The van der Waals surface area contributed by atoms with E-state index < -0.39 is 0 Å². The highest BCUT2D eigenvalue weighted by atomic mass is 16.6. The maximum Gasteiger partial charge on any atom is 0.309 e. The van der Waals surface area contributed by atoms with Crippen LogP contribution in [0.15, 0.2) is 0 Å². The fourth-order valence-electron chi connectivity index (χ4n) is 4.91.